The lowest BCUT2D eigenvalue weighted by atomic mass is 10.0. The van der Waals surface area contributed by atoms with Gasteiger partial charge in [0.25, 0.3) is 0 Å². The van der Waals surface area contributed by atoms with Crippen LogP contribution in [0.15, 0.2) is 45.9 Å². The molecule has 1 aromatic carbocycles. The van der Waals surface area contributed by atoms with Crippen molar-refractivity contribution in [2.75, 3.05) is 6.26 Å². The summed E-state index contributed by atoms with van der Waals surface area (Å²) in [5, 5.41) is 5.35. The first-order chi connectivity index (χ1) is 10.5. The van der Waals surface area contributed by atoms with Gasteiger partial charge in [-0.1, -0.05) is 15.9 Å². The lowest BCUT2D eigenvalue weighted by Crippen LogP contribution is -2.02. The minimum Gasteiger partial charge on any atom is -0.288 e. The van der Waals surface area contributed by atoms with Gasteiger partial charge in [0.15, 0.2) is 5.78 Å². The molecule has 0 aliphatic carbocycles. The highest BCUT2D eigenvalue weighted by molar-refractivity contribution is 9.10. The van der Waals surface area contributed by atoms with Crippen LogP contribution in [0, 0.1) is 13.8 Å². The number of aromatic nitrogens is 2. The van der Waals surface area contributed by atoms with Gasteiger partial charge >= 0.3 is 0 Å². The first-order valence-electron chi connectivity index (χ1n) is 6.85. The van der Waals surface area contributed by atoms with Gasteiger partial charge in [-0.3, -0.25) is 4.79 Å². The average molecular weight is 375 g/mol. The first kappa shape index (κ1) is 15.3. The molecule has 0 atom stereocenters. The maximum absolute atomic E-state index is 13.0. The molecule has 5 heteroatoms. The Morgan fingerprint density at radius 2 is 1.86 bits per heavy atom. The minimum atomic E-state index is 0.0110. The number of hydrogen-bond acceptors (Lipinski definition) is 3. The van der Waals surface area contributed by atoms with Gasteiger partial charge in [-0.15, -0.1) is 11.8 Å². The van der Waals surface area contributed by atoms with E-state index in [0.717, 1.165) is 26.3 Å². The van der Waals surface area contributed by atoms with Crippen molar-refractivity contribution < 1.29 is 4.79 Å². The molecule has 0 unspecified atom stereocenters. The lowest BCUT2D eigenvalue weighted by Gasteiger charge is -2.04. The number of halogens is 1. The monoisotopic (exact) mass is 374 g/mol. The molecular weight excluding hydrogens is 360 g/mol. The van der Waals surface area contributed by atoms with Gasteiger partial charge in [-0.05, 0) is 62.1 Å². The van der Waals surface area contributed by atoms with Gasteiger partial charge in [0.1, 0.15) is 5.03 Å². The summed E-state index contributed by atoms with van der Waals surface area (Å²) >= 11 is 4.90. The van der Waals surface area contributed by atoms with Crippen LogP contribution < -0.4 is 0 Å². The van der Waals surface area contributed by atoms with Gasteiger partial charge in [0.05, 0.1) is 11.1 Å². The van der Waals surface area contributed by atoms with Crippen molar-refractivity contribution in [3.05, 3.63) is 63.3 Å². The third-order valence-electron chi connectivity index (χ3n) is 3.55. The van der Waals surface area contributed by atoms with E-state index < -0.39 is 0 Å². The zero-order valence-corrected chi connectivity index (χ0v) is 15.0. The van der Waals surface area contributed by atoms with Gasteiger partial charge < -0.3 is 0 Å². The molecule has 0 saturated heterocycles. The molecule has 2 heterocycles. The highest BCUT2D eigenvalue weighted by Crippen LogP contribution is 2.28. The third kappa shape index (κ3) is 2.59. The van der Waals surface area contributed by atoms with E-state index in [1.54, 1.807) is 0 Å². The quantitative estimate of drug-likeness (QED) is 0.493. The topological polar surface area (TPSA) is 34.4 Å². The summed E-state index contributed by atoms with van der Waals surface area (Å²) in [6.07, 6.45) is 1.95. The summed E-state index contributed by atoms with van der Waals surface area (Å²) in [7, 11) is 0. The van der Waals surface area contributed by atoms with Crippen LogP contribution in [0.5, 0.6) is 0 Å². The average Bonchev–Trinajstić information content (AvgIpc) is 2.86. The number of nitrogens with zero attached hydrogens (tertiary/aromatic N) is 2. The van der Waals surface area contributed by atoms with Crippen LogP contribution in [0.3, 0.4) is 0 Å². The van der Waals surface area contributed by atoms with E-state index in [2.05, 4.69) is 27.1 Å². The predicted molar refractivity (Wildman–Crippen MR) is 94.0 cm³/mol. The number of carbonyl (C=O) groups is 1. The van der Waals surface area contributed by atoms with E-state index in [1.165, 1.54) is 11.8 Å². The Bertz CT molecular complexity index is 868. The molecule has 22 heavy (non-hydrogen) atoms. The van der Waals surface area contributed by atoms with Crippen molar-refractivity contribution >= 4 is 39.0 Å². The molecule has 3 nitrogen and oxygen atoms in total. The number of aryl methyl sites for hydroxylation is 2. The standard InChI is InChI=1S/C17H15BrN2OS/c1-10-8-11(2)20-14(9-10)15(17(19-20)22-3)16(21)12-4-6-13(18)7-5-12/h4-9H,1-3H3. The van der Waals surface area contributed by atoms with Gasteiger partial charge in [0, 0.05) is 15.7 Å². The number of pyridine rings is 1. The van der Waals surface area contributed by atoms with Crippen LogP contribution in [-0.4, -0.2) is 21.7 Å². The van der Waals surface area contributed by atoms with Gasteiger partial charge in [-0.25, -0.2) is 4.52 Å². The Labute approximate surface area is 141 Å². The summed E-state index contributed by atoms with van der Waals surface area (Å²) in [6, 6.07) is 11.5. The molecule has 2 aromatic heterocycles. The van der Waals surface area contributed by atoms with Crippen molar-refractivity contribution in [2.45, 2.75) is 18.9 Å². The molecule has 0 radical (unpaired) electrons. The summed E-state index contributed by atoms with van der Waals surface area (Å²) < 4.78 is 2.81. The summed E-state index contributed by atoms with van der Waals surface area (Å²) in [5.41, 5.74) is 4.38. The number of fused-ring (bicyclic) bond motifs is 1. The van der Waals surface area contributed by atoms with Crippen molar-refractivity contribution in [2.24, 2.45) is 0 Å². The van der Waals surface area contributed by atoms with E-state index in [4.69, 9.17) is 0 Å². The summed E-state index contributed by atoms with van der Waals surface area (Å²) in [6.45, 7) is 4.04. The van der Waals surface area contributed by atoms with Crippen LogP contribution in [0.4, 0.5) is 0 Å². The predicted octanol–water partition coefficient (Wildman–Crippen LogP) is 4.67. The van der Waals surface area contributed by atoms with E-state index in [1.807, 2.05) is 55.0 Å². The number of carbonyl (C=O) groups excluding carboxylic acids is 1. The minimum absolute atomic E-state index is 0.0110. The van der Waals surface area contributed by atoms with Crippen molar-refractivity contribution in [1.29, 1.82) is 0 Å². The van der Waals surface area contributed by atoms with E-state index in [0.29, 0.717) is 11.1 Å². The number of hydrogen-bond donors (Lipinski definition) is 0. The second-order valence-electron chi connectivity index (χ2n) is 5.19. The highest BCUT2D eigenvalue weighted by atomic mass is 79.9. The Balaban J connectivity index is 2.24. The largest absolute Gasteiger partial charge is 0.288 e. The molecule has 0 bridgehead atoms. The van der Waals surface area contributed by atoms with Crippen molar-refractivity contribution in [3.8, 4) is 0 Å². The zero-order chi connectivity index (χ0) is 15.9. The number of benzene rings is 1. The molecule has 0 aliphatic rings. The normalized spacial score (nSPS) is 11.1. The molecule has 3 aromatic rings. The SMILES string of the molecule is CSc1nn2c(C)cc(C)cc2c1C(=O)c1ccc(Br)cc1. The summed E-state index contributed by atoms with van der Waals surface area (Å²) in [5.74, 6) is 0.0110. The number of rotatable bonds is 3. The third-order valence-corrected chi connectivity index (χ3v) is 4.75. The molecule has 0 fully saturated rings. The Kier molecular flexibility index (Phi) is 4.10. The molecular formula is C17H15BrN2OS. The molecule has 0 aliphatic heterocycles. The molecule has 0 spiro atoms. The second kappa shape index (κ2) is 5.89. The fraction of sp³-hybridized carbons (Fsp3) is 0.176. The van der Waals surface area contributed by atoms with E-state index in [-0.39, 0.29) is 5.78 Å². The van der Waals surface area contributed by atoms with Gasteiger partial charge in [0.2, 0.25) is 0 Å². The highest BCUT2D eigenvalue weighted by Gasteiger charge is 2.21. The van der Waals surface area contributed by atoms with Crippen LogP contribution in [0.2, 0.25) is 0 Å². The van der Waals surface area contributed by atoms with Crippen LogP contribution in [0.25, 0.3) is 5.52 Å². The van der Waals surface area contributed by atoms with Gasteiger partial charge in [-0.2, -0.15) is 5.10 Å². The van der Waals surface area contributed by atoms with E-state index in [9.17, 15) is 4.79 Å². The fourth-order valence-corrected chi connectivity index (χ4v) is 3.39. The van der Waals surface area contributed by atoms with E-state index >= 15 is 0 Å². The molecule has 3 rings (SSSR count). The second-order valence-corrected chi connectivity index (χ2v) is 6.90. The first-order valence-corrected chi connectivity index (χ1v) is 8.87. The molecule has 112 valence electrons. The molecule has 0 saturated carbocycles. The van der Waals surface area contributed by atoms with Crippen molar-refractivity contribution in [3.63, 3.8) is 0 Å². The Morgan fingerprint density at radius 3 is 2.50 bits per heavy atom. The van der Waals surface area contributed by atoms with Crippen LogP contribution in [0.1, 0.15) is 27.2 Å². The van der Waals surface area contributed by atoms with Crippen molar-refractivity contribution in [1.82, 2.24) is 9.61 Å². The van der Waals surface area contributed by atoms with Crippen LogP contribution in [-0.2, 0) is 0 Å². The lowest BCUT2D eigenvalue weighted by molar-refractivity contribution is 0.103. The molecule has 0 amide bonds. The fourth-order valence-electron chi connectivity index (χ4n) is 2.56. The molecule has 0 N–H and O–H groups in total. The zero-order valence-electron chi connectivity index (χ0n) is 12.6. The van der Waals surface area contributed by atoms with Crippen LogP contribution >= 0.6 is 27.7 Å². The number of ketones is 1. The smallest absolute Gasteiger partial charge is 0.197 e. The summed E-state index contributed by atoms with van der Waals surface area (Å²) in [4.78, 5) is 13.0. The Morgan fingerprint density at radius 1 is 1.18 bits per heavy atom. The Hall–Kier alpha value is -1.59. The maximum Gasteiger partial charge on any atom is 0.197 e. The number of thioether (sulfide) groups is 1. The maximum atomic E-state index is 13.0.